The summed E-state index contributed by atoms with van der Waals surface area (Å²) in [5.41, 5.74) is 0.391. The van der Waals surface area contributed by atoms with Crippen LogP contribution in [-0.4, -0.2) is 42.4 Å². The van der Waals surface area contributed by atoms with Crippen LogP contribution >= 0.6 is 23.2 Å². The zero-order chi connectivity index (χ0) is 19.3. The SMILES string of the molecule is CC1CCCCC1NC(=O)C(C)N(C)CC(=O)Nc1c(Cl)cccc1Cl. The number of nitrogens with one attached hydrogen (secondary N) is 2. The number of carbonyl (C=O) groups is 2. The predicted molar refractivity (Wildman–Crippen MR) is 107 cm³/mol. The lowest BCUT2D eigenvalue weighted by molar-refractivity contribution is -0.127. The summed E-state index contributed by atoms with van der Waals surface area (Å²) >= 11 is 12.1. The summed E-state index contributed by atoms with van der Waals surface area (Å²) < 4.78 is 0. The van der Waals surface area contributed by atoms with Crippen LogP contribution in [0.25, 0.3) is 0 Å². The van der Waals surface area contributed by atoms with Gasteiger partial charge < -0.3 is 10.6 Å². The maximum atomic E-state index is 12.5. The number of rotatable bonds is 6. The number of halogens is 2. The number of hydrogen-bond donors (Lipinski definition) is 2. The Bertz CT molecular complexity index is 633. The van der Waals surface area contributed by atoms with Crippen LogP contribution in [0.5, 0.6) is 0 Å². The molecular formula is C19H27Cl2N3O2. The average Bonchev–Trinajstić information content (AvgIpc) is 2.59. The number of likely N-dealkylation sites (N-methyl/N-ethyl adjacent to an activating group) is 1. The van der Waals surface area contributed by atoms with E-state index in [-0.39, 0.29) is 24.4 Å². The van der Waals surface area contributed by atoms with Crippen molar-refractivity contribution in [2.75, 3.05) is 18.9 Å². The van der Waals surface area contributed by atoms with Crippen LogP contribution < -0.4 is 10.6 Å². The minimum atomic E-state index is -0.406. The van der Waals surface area contributed by atoms with Gasteiger partial charge in [-0.1, -0.05) is 49.0 Å². The van der Waals surface area contributed by atoms with Crippen molar-refractivity contribution in [1.29, 1.82) is 0 Å². The fraction of sp³-hybridized carbons (Fsp3) is 0.579. The molecule has 144 valence electrons. The minimum absolute atomic E-state index is 0.0465. The molecule has 0 spiro atoms. The largest absolute Gasteiger partial charge is 0.352 e. The van der Waals surface area contributed by atoms with Crippen molar-refractivity contribution in [1.82, 2.24) is 10.2 Å². The van der Waals surface area contributed by atoms with Gasteiger partial charge in [0.2, 0.25) is 11.8 Å². The number of hydrogen-bond acceptors (Lipinski definition) is 3. The lowest BCUT2D eigenvalue weighted by Crippen LogP contribution is -2.50. The molecule has 0 heterocycles. The van der Waals surface area contributed by atoms with E-state index < -0.39 is 6.04 Å². The average molecular weight is 400 g/mol. The Morgan fingerprint density at radius 3 is 2.46 bits per heavy atom. The first-order valence-corrected chi connectivity index (χ1v) is 9.79. The Hall–Kier alpha value is -1.30. The molecule has 7 heteroatoms. The number of anilines is 1. The molecule has 5 nitrogen and oxygen atoms in total. The van der Waals surface area contributed by atoms with Crippen molar-refractivity contribution < 1.29 is 9.59 Å². The number of para-hydroxylation sites is 1. The van der Waals surface area contributed by atoms with Crippen LogP contribution in [0.1, 0.15) is 39.5 Å². The fourth-order valence-corrected chi connectivity index (χ4v) is 3.69. The van der Waals surface area contributed by atoms with Crippen LogP contribution in [0.2, 0.25) is 10.0 Å². The van der Waals surface area contributed by atoms with Crippen LogP contribution in [-0.2, 0) is 9.59 Å². The first-order chi connectivity index (χ1) is 12.3. The Labute approximate surface area is 165 Å². The maximum absolute atomic E-state index is 12.5. The molecular weight excluding hydrogens is 373 g/mol. The van der Waals surface area contributed by atoms with Gasteiger partial charge in [-0.2, -0.15) is 0 Å². The topological polar surface area (TPSA) is 61.4 Å². The minimum Gasteiger partial charge on any atom is -0.352 e. The highest BCUT2D eigenvalue weighted by molar-refractivity contribution is 6.39. The van der Waals surface area contributed by atoms with Crippen molar-refractivity contribution in [2.45, 2.75) is 51.6 Å². The predicted octanol–water partition coefficient (Wildman–Crippen LogP) is 3.95. The molecule has 2 amide bonds. The van der Waals surface area contributed by atoms with Gasteiger partial charge in [-0.3, -0.25) is 14.5 Å². The van der Waals surface area contributed by atoms with E-state index in [0.29, 0.717) is 21.7 Å². The zero-order valence-electron chi connectivity index (χ0n) is 15.5. The van der Waals surface area contributed by atoms with Crippen molar-refractivity contribution in [3.63, 3.8) is 0 Å². The smallest absolute Gasteiger partial charge is 0.238 e. The van der Waals surface area contributed by atoms with Gasteiger partial charge in [0.1, 0.15) is 0 Å². The van der Waals surface area contributed by atoms with Crippen molar-refractivity contribution in [3.05, 3.63) is 28.2 Å². The van der Waals surface area contributed by atoms with Gasteiger partial charge in [-0.25, -0.2) is 0 Å². The molecule has 0 bridgehead atoms. The number of benzene rings is 1. The third kappa shape index (κ3) is 5.60. The lowest BCUT2D eigenvalue weighted by atomic mass is 9.86. The molecule has 0 aromatic heterocycles. The molecule has 1 fully saturated rings. The summed E-state index contributed by atoms with van der Waals surface area (Å²) in [5, 5.41) is 6.61. The second-order valence-electron chi connectivity index (χ2n) is 7.11. The van der Waals surface area contributed by atoms with Gasteiger partial charge in [-0.15, -0.1) is 0 Å². The zero-order valence-corrected chi connectivity index (χ0v) is 17.0. The van der Waals surface area contributed by atoms with E-state index in [1.807, 2.05) is 0 Å². The molecule has 3 atom stereocenters. The molecule has 3 unspecified atom stereocenters. The molecule has 2 N–H and O–H groups in total. The molecule has 1 aliphatic carbocycles. The van der Waals surface area contributed by atoms with Gasteiger partial charge in [-0.05, 0) is 44.9 Å². The number of amides is 2. The summed E-state index contributed by atoms with van der Waals surface area (Å²) in [6.45, 7) is 4.05. The second-order valence-corrected chi connectivity index (χ2v) is 7.93. The Balaban J connectivity index is 1.88. The highest BCUT2D eigenvalue weighted by atomic mass is 35.5. The van der Waals surface area contributed by atoms with Gasteiger partial charge in [0, 0.05) is 6.04 Å². The molecule has 26 heavy (non-hydrogen) atoms. The number of nitrogens with zero attached hydrogens (tertiary/aromatic N) is 1. The third-order valence-corrected chi connectivity index (χ3v) is 5.73. The fourth-order valence-electron chi connectivity index (χ4n) is 3.19. The summed E-state index contributed by atoms with van der Waals surface area (Å²) in [7, 11) is 1.75. The second kappa shape index (κ2) is 9.58. The van der Waals surface area contributed by atoms with Gasteiger partial charge >= 0.3 is 0 Å². The molecule has 1 aliphatic rings. The van der Waals surface area contributed by atoms with Crippen LogP contribution in [0.15, 0.2) is 18.2 Å². The molecule has 2 rings (SSSR count). The van der Waals surface area contributed by atoms with E-state index in [1.54, 1.807) is 37.1 Å². The quantitative estimate of drug-likeness (QED) is 0.760. The normalized spacial score (nSPS) is 21.3. The van der Waals surface area contributed by atoms with Crippen LogP contribution in [0.4, 0.5) is 5.69 Å². The van der Waals surface area contributed by atoms with Crippen LogP contribution in [0, 0.1) is 5.92 Å². The molecule has 0 saturated heterocycles. The molecule has 0 radical (unpaired) electrons. The van der Waals surface area contributed by atoms with E-state index in [2.05, 4.69) is 17.6 Å². The summed E-state index contributed by atoms with van der Waals surface area (Å²) in [5.74, 6) is 0.180. The monoisotopic (exact) mass is 399 g/mol. The first-order valence-electron chi connectivity index (χ1n) is 9.04. The summed E-state index contributed by atoms with van der Waals surface area (Å²) in [6, 6.07) is 4.85. The standard InChI is InChI=1S/C19H27Cl2N3O2/c1-12-7-4-5-10-16(12)22-19(26)13(2)24(3)11-17(25)23-18-14(20)8-6-9-15(18)21/h6,8-9,12-13,16H,4-5,7,10-11H2,1-3H3,(H,22,26)(H,23,25). The van der Waals surface area contributed by atoms with Crippen molar-refractivity contribution >= 4 is 40.7 Å². The van der Waals surface area contributed by atoms with E-state index in [9.17, 15) is 9.59 Å². The molecule has 1 saturated carbocycles. The van der Waals surface area contributed by atoms with Crippen molar-refractivity contribution in [3.8, 4) is 0 Å². The number of carbonyl (C=O) groups excluding carboxylic acids is 2. The Morgan fingerprint density at radius 1 is 1.23 bits per heavy atom. The van der Waals surface area contributed by atoms with Gasteiger partial charge in [0.05, 0.1) is 28.3 Å². The molecule has 1 aromatic rings. The summed E-state index contributed by atoms with van der Waals surface area (Å²) in [4.78, 5) is 26.5. The Morgan fingerprint density at radius 2 is 1.85 bits per heavy atom. The molecule has 1 aromatic carbocycles. The molecule has 0 aliphatic heterocycles. The van der Waals surface area contributed by atoms with E-state index in [0.717, 1.165) is 19.3 Å². The summed E-state index contributed by atoms with van der Waals surface area (Å²) in [6.07, 6.45) is 4.55. The van der Waals surface area contributed by atoms with Gasteiger partial charge in [0.25, 0.3) is 0 Å². The Kier molecular flexibility index (Phi) is 7.74. The van der Waals surface area contributed by atoms with Crippen molar-refractivity contribution in [2.24, 2.45) is 5.92 Å². The van der Waals surface area contributed by atoms with E-state index >= 15 is 0 Å². The lowest BCUT2D eigenvalue weighted by Gasteiger charge is -2.32. The van der Waals surface area contributed by atoms with E-state index in [1.165, 1.54) is 6.42 Å². The first kappa shape index (κ1) is 21.0. The van der Waals surface area contributed by atoms with Gasteiger partial charge in [0.15, 0.2) is 0 Å². The highest BCUT2D eigenvalue weighted by Crippen LogP contribution is 2.29. The van der Waals surface area contributed by atoms with Crippen LogP contribution in [0.3, 0.4) is 0 Å². The highest BCUT2D eigenvalue weighted by Gasteiger charge is 2.27. The third-order valence-electron chi connectivity index (χ3n) is 5.10. The maximum Gasteiger partial charge on any atom is 0.238 e. The van der Waals surface area contributed by atoms with E-state index in [4.69, 9.17) is 23.2 Å².